The number of carbonyl (C=O) groups is 1. The first kappa shape index (κ1) is 17.9. The molecule has 0 bridgehead atoms. The van der Waals surface area contributed by atoms with Gasteiger partial charge in [-0.1, -0.05) is 25.5 Å². The first-order valence-corrected chi connectivity index (χ1v) is 9.30. The number of piperidine rings is 1. The molecule has 2 atom stereocenters. The van der Waals surface area contributed by atoms with Crippen LogP contribution in [-0.2, 0) is 21.2 Å². The fraction of sp³-hybridized carbons (Fsp3) is 0.562. The van der Waals surface area contributed by atoms with Gasteiger partial charge >= 0.3 is 5.97 Å². The van der Waals surface area contributed by atoms with E-state index in [0.29, 0.717) is 0 Å². The monoisotopic (exact) mass is 341 g/mol. The molecule has 1 aliphatic rings. The van der Waals surface area contributed by atoms with Crippen LogP contribution in [0.25, 0.3) is 0 Å². The first-order valence-electron chi connectivity index (χ1n) is 7.86. The average Bonchev–Trinajstić information content (AvgIpc) is 2.53. The molecule has 1 fully saturated rings. The molecule has 0 radical (unpaired) electrons. The molecule has 1 heterocycles. The maximum absolute atomic E-state index is 12.6. The van der Waals surface area contributed by atoms with Gasteiger partial charge in [-0.15, -0.1) is 0 Å². The van der Waals surface area contributed by atoms with Gasteiger partial charge in [0.25, 0.3) is 0 Å². The van der Waals surface area contributed by atoms with Crippen molar-refractivity contribution in [3.8, 4) is 0 Å². The van der Waals surface area contributed by atoms with Crippen LogP contribution in [0, 0.1) is 5.92 Å². The van der Waals surface area contributed by atoms with E-state index in [1.807, 2.05) is 0 Å². The van der Waals surface area contributed by atoms with E-state index >= 15 is 0 Å². The minimum atomic E-state index is -3.73. The van der Waals surface area contributed by atoms with Crippen LogP contribution in [0.2, 0.25) is 0 Å². The van der Waals surface area contributed by atoms with E-state index in [4.69, 9.17) is 5.11 Å². The third-order valence-corrected chi connectivity index (χ3v) is 6.12. The summed E-state index contributed by atoms with van der Waals surface area (Å²) in [6.07, 6.45) is 2.16. The molecular formula is C16H23NO5S. The summed E-state index contributed by atoms with van der Waals surface area (Å²) in [5.41, 5.74) is 1.09. The summed E-state index contributed by atoms with van der Waals surface area (Å²) in [6, 6.07) is 6.74. The van der Waals surface area contributed by atoms with Crippen LogP contribution in [0.4, 0.5) is 0 Å². The van der Waals surface area contributed by atoms with Crippen LogP contribution in [0.5, 0.6) is 0 Å². The van der Waals surface area contributed by atoms with Gasteiger partial charge in [0, 0.05) is 13.1 Å². The molecule has 23 heavy (non-hydrogen) atoms. The van der Waals surface area contributed by atoms with Crippen molar-refractivity contribution in [2.45, 2.75) is 43.6 Å². The Morgan fingerprint density at radius 1 is 1.30 bits per heavy atom. The summed E-state index contributed by atoms with van der Waals surface area (Å²) in [5.74, 6) is -2.25. The maximum atomic E-state index is 12.6. The molecule has 1 aromatic carbocycles. The Bertz CT molecular complexity index is 641. The van der Waals surface area contributed by atoms with Gasteiger partial charge in [0.1, 0.15) is 0 Å². The number of sulfonamides is 1. The third kappa shape index (κ3) is 4.10. The number of aliphatic carboxylic acids is 1. The third-order valence-electron chi connectivity index (χ3n) is 4.24. The van der Waals surface area contributed by atoms with E-state index in [1.165, 1.54) is 0 Å². The van der Waals surface area contributed by atoms with Crippen LogP contribution in [-0.4, -0.2) is 48.1 Å². The van der Waals surface area contributed by atoms with Crippen molar-refractivity contribution in [2.24, 2.45) is 5.92 Å². The Morgan fingerprint density at radius 3 is 2.52 bits per heavy atom. The number of nitrogens with zero attached hydrogens (tertiary/aromatic N) is 1. The fourth-order valence-electron chi connectivity index (χ4n) is 2.73. The normalized spacial score (nSPS) is 22.9. The maximum Gasteiger partial charge on any atom is 0.310 e. The van der Waals surface area contributed by atoms with Crippen molar-refractivity contribution in [2.75, 3.05) is 13.1 Å². The molecule has 2 rings (SSSR count). The number of hydrogen-bond donors (Lipinski definition) is 2. The molecule has 1 aromatic rings. The number of aryl methyl sites for hydroxylation is 1. The number of carboxylic acid groups (broad SMARTS) is 1. The lowest BCUT2D eigenvalue weighted by Gasteiger charge is -2.33. The molecule has 2 N–H and O–H groups in total. The zero-order valence-corrected chi connectivity index (χ0v) is 14.0. The van der Waals surface area contributed by atoms with Crippen molar-refractivity contribution < 1.29 is 23.4 Å². The number of aliphatic hydroxyl groups excluding tert-OH is 1. The zero-order chi connectivity index (χ0) is 17.0. The minimum Gasteiger partial charge on any atom is -0.481 e. The lowest BCUT2D eigenvalue weighted by atomic mass is 9.96. The summed E-state index contributed by atoms with van der Waals surface area (Å²) in [6.45, 7) is 2.03. The largest absolute Gasteiger partial charge is 0.481 e. The van der Waals surface area contributed by atoms with E-state index in [-0.39, 0.29) is 24.4 Å². The van der Waals surface area contributed by atoms with Crippen LogP contribution < -0.4 is 0 Å². The number of aliphatic hydroxyl groups is 1. The van der Waals surface area contributed by atoms with Gasteiger partial charge in [-0.05, 0) is 37.0 Å². The van der Waals surface area contributed by atoms with Crippen LogP contribution in [0.3, 0.4) is 0 Å². The highest BCUT2D eigenvalue weighted by molar-refractivity contribution is 7.89. The number of benzene rings is 1. The summed E-state index contributed by atoms with van der Waals surface area (Å²) >= 11 is 0. The Kier molecular flexibility index (Phi) is 5.78. The SMILES string of the molecule is CCCCc1ccc(S(=O)(=O)N2CC[C@@H](O)[C@@H](C(=O)O)C2)cc1. The lowest BCUT2D eigenvalue weighted by Crippen LogP contribution is -2.48. The van der Waals surface area contributed by atoms with Crippen molar-refractivity contribution >= 4 is 16.0 Å². The number of carboxylic acids is 1. The van der Waals surface area contributed by atoms with Gasteiger partial charge in [-0.25, -0.2) is 8.42 Å². The molecule has 0 spiro atoms. The van der Waals surface area contributed by atoms with E-state index in [9.17, 15) is 18.3 Å². The molecule has 0 saturated carbocycles. The number of rotatable bonds is 6. The second kappa shape index (κ2) is 7.42. The molecule has 0 unspecified atom stereocenters. The van der Waals surface area contributed by atoms with E-state index in [1.54, 1.807) is 24.3 Å². The summed E-state index contributed by atoms with van der Waals surface area (Å²) in [4.78, 5) is 11.3. The van der Waals surface area contributed by atoms with Crippen molar-refractivity contribution in [3.05, 3.63) is 29.8 Å². The molecule has 0 aromatic heterocycles. The highest BCUT2D eigenvalue weighted by Gasteiger charge is 2.38. The number of hydrogen-bond acceptors (Lipinski definition) is 4. The summed E-state index contributed by atoms with van der Waals surface area (Å²) in [7, 11) is -3.73. The molecule has 7 heteroatoms. The predicted molar refractivity (Wildman–Crippen MR) is 85.6 cm³/mol. The van der Waals surface area contributed by atoms with Gasteiger partial charge in [0.15, 0.2) is 0 Å². The van der Waals surface area contributed by atoms with E-state index in [0.717, 1.165) is 29.1 Å². The highest BCUT2D eigenvalue weighted by atomic mass is 32.2. The Morgan fingerprint density at radius 2 is 1.96 bits per heavy atom. The van der Waals surface area contributed by atoms with Crippen molar-refractivity contribution in [3.63, 3.8) is 0 Å². The Balaban J connectivity index is 2.16. The molecule has 1 saturated heterocycles. The molecule has 6 nitrogen and oxygen atoms in total. The molecule has 1 aliphatic heterocycles. The van der Waals surface area contributed by atoms with Gasteiger partial charge in [-0.2, -0.15) is 4.31 Å². The van der Waals surface area contributed by atoms with Gasteiger partial charge in [-0.3, -0.25) is 4.79 Å². The lowest BCUT2D eigenvalue weighted by molar-refractivity contribution is -0.147. The average molecular weight is 341 g/mol. The molecule has 0 aliphatic carbocycles. The highest BCUT2D eigenvalue weighted by Crippen LogP contribution is 2.24. The van der Waals surface area contributed by atoms with E-state index in [2.05, 4.69) is 6.92 Å². The zero-order valence-electron chi connectivity index (χ0n) is 13.2. The smallest absolute Gasteiger partial charge is 0.310 e. The second-order valence-corrected chi connectivity index (χ2v) is 7.85. The summed E-state index contributed by atoms with van der Waals surface area (Å²) < 4.78 is 26.4. The van der Waals surface area contributed by atoms with Gasteiger partial charge in [0.05, 0.1) is 16.9 Å². The minimum absolute atomic E-state index is 0.130. The topological polar surface area (TPSA) is 94.9 Å². The first-order chi connectivity index (χ1) is 10.9. The quantitative estimate of drug-likeness (QED) is 0.817. The predicted octanol–water partition coefficient (Wildman–Crippen LogP) is 1.49. The van der Waals surface area contributed by atoms with Gasteiger partial charge in [0.2, 0.25) is 10.0 Å². The van der Waals surface area contributed by atoms with Crippen LogP contribution in [0.1, 0.15) is 31.7 Å². The molecular weight excluding hydrogens is 318 g/mol. The summed E-state index contributed by atoms with van der Waals surface area (Å²) in [5, 5.41) is 18.8. The number of unbranched alkanes of at least 4 members (excludes halogenated alkanes) is 1. The second-order valence-electron chi connectivity index (χ2n) is 5.91. The Hall–Kier alpha value is -1.44. The van der Waals surface area contributed by atoms with Crippen LogP contribution >= 0.6 is 0 Å². The van der Waals surface area contributed by atoms with Crippen LogP contribution in [0.15, 0.2) is 29.2 Å². The van der Waals surface area contributed by atoms with Crippen molar-refractivity contribution in [1.29, 1.82) is 0 Å². The molecule has 128 valence electrons. The van der Waals surface area contributed by atoms with E-state index < -0.39 is 28.0 Å². The standard InChI is InChI=1S/C16H23NO5S/c1-2-3-4-12-5-7-13(8-6-12)23(21,22)17-10-9-15(18)14(11-17)16(19)20/h5-8,14-15,18H,2-4,9-11H2,1H3,(H,19,20)/t14-,15+/m0/s1. The Labute approximate surface area is 136 Å². The fourth-order valence-corrected chi connectivity index (χ4v) is 4.21. The van der Waals surface area contributed by atoms with Crippen molar-refractivity contribution in [1.82, 2.24) is 4.31 Å². The van der Waals surface area contributed by atoms with Gasteiger partial charge < -0.3 is 10.2 Å². The molecule has 0 amide bonds.